The van der Waals surface area contributed by atoms with Crippen molar-refractivity contribution in [2.75, 3.05) is 6.61 Å². The molecule has 0 aliphatic heterocycles. The van der Waals surface area contributed by atoms with Crippen LogP contribution in [-0.4, -0.2) is 18.7 Å². The van der Waals surface area contributed by atoms with E-state index in [-0.39, 0.29) is 5.78 Å². The molecule has 0 aliphatic rings. The molecule has 0 aliphatic carbocycles. The highest BCUT2D eigenvalue weighted by Crippen LogP contribution is 2.25. The van der Waals surface area contributed by atoms with Gasteiger partial charge in [-0.3, -0.25) is 9.59 Å². The molecule has 0 spiro atoms. The lowest BCUT2D eigenvalue weighted by Crippen LogP contribution is -2.04. The van der Waals surface area contributed by atoms with Crippen molar-refractivity contribution in [3.63, 3.8) is 0 Å². The van der Waals surface area contributed by atoms with Crippen LogP contribution in [0.25, 0.3) is 0 Å². The lowest BCUT2D eigenvalue weighted by atomic mass is 10.0. The Morgan fingerprint density at radius 1 is 1.47 bits per heavy atom. The Bertz CT molecular complexity index is 394. The van der Waals surface area contributed by atoms with Crippen molar-refractivity contribution in [2.24, 2.45) is 0 Å². The monoisotopic (exact) mass is 206 g/mol. The molecule has 0 amide bonds. The van der Waals surface area contributed by atoms with Crippen LogP contribution >= 0.6 is 0 Å². The molecule has 0 radical (unpaired) electrons. The topological polar surface area (TPSA) is 43.4 Å². The summed E-state index contributed by atoms with van der Waals surface area (Å²) in [6, 6.07) is 3.45. The molecule has 0 fully saturated rings. The van der Waals surface area contributed by atoms with Gasteiger partial charge in [-0.1, -0.05) is 0 Å². The molecule has 0 heterocycles. The average molecular weight is 206 g/mol. The first-order valence-electron chi connectivity index (χ1n) is 4.83. The van der Waals surface area contributed by atoms with E-state index in [4.69, 9.17) is 4.74 Å². The molecule has 3 nitrogen and oxygen atoms in total. The van der Waals surface area contributed by atoms with E-state index in [1.807, 2.05) is 13.8 Å². The number of ether oxygens (including phenoxy) is 1. The highest BCUT2D eigenvalue weighted by molar-refractivity contribution is 6.00. The number of aldehydes is 1. The molecule has 0 N–H and O–H groups in total. The van der Waals surface area contributed by atoms with Gasteiger partial charge < -0.3 is 4.74 Å². The van der Waals surface area contributed by atoms with Gasteiger partial charge in [0.25, 0.3) is 0 Å². The van der Waals surface area contributed by atoms with Crippen molar-refractivity contribution in [2.45, 2.75) is 20.8 Å². The third kappa shape index (κ3) is 2.43. The van der Waals surface area contributed by atoms with Crippen LogP contribution in [0.4, 0.5) is 0 Å². The van der Waals surface area contributed by atoms with Crippen molar-refractivity contribution in [3.8, 4) is 5.75 Å². The molecular formula is C12H14O3. The fourth-order valence-electron chi connectivity index (χ4n) is 1.46. The Balaban J connectivity index is 3.39. The largest absolute Gasteiger partial charge is 0.492 e. The van der Waals surface area contributed by atoms with Gasteiger partial charge in [0.1, 0.15) is 5.75 Å². The number of hydrogen-bond donors (Lipinski definition) is 0. The van der Waals surface area contributed by atoms with E-state index in [1.165, 1.54) is 6.92 Å². The number of carbonyl (C=O) groups excluding carboxylic acids is 2. The van der Waals surface area contributed by atoms with Crippen molar-refractivity contribution in [1.29, 1.82) is 0 Å². The molecule has 15 heavy (non-hydrogen) atoms. The second kappa shape index (κ2) is 4.73. The number of aryl methyl sites for hydroxylation is 1. The van der Waals surface area contributed by atoms with Gasteiger partial charge in [0.2, 0.25) is 0 Å². The van der Waals surface area contributed by atoms with Gasteiger partial charge in [0, 0.05) is 0 Å². The van der Waals surface area contributed by atoms with Crippen LogP contribution in [0.1, 0.15) is 40.1 Å². The first kappa shape index (κ1) is 11.4. The zero-order valence-corrected chi connectivity index (χ0v) is 9.16. The fourth-order valence-corrected chi connectivity index (χ4v) is 1.46. The van der Waals surface area contributed by atoms with Crippen LogP contribution in [0.2, 0.25) is 0 Å². The smallest absolute Gasteiger partial charge is 0.163 e. The quantitative estimate of drug-likeness (QED) is 0.561. The summed E-state index contributed by atoms with van der Waals surface area (Å²) < 4.78 is 5.32. The first-order valence-corrected chi connectivity index (χ1v) is 4.83. The lowest BCUT2D eigenvalue weighted by molar-refractivity contribution is 0.101. The standard InChI is InChI=1S/C12H14O3/c1-4-15-12-10(7-13)5-8(2)6-11(12)9(3)14/h5-7H,4H2,1-3H3. The predicted octanol–water partition coefficient (Wildman–Crippen LogP) is 2.41. The molecule has 0 saturated carbocycles. The van der Waals surface area contributed by atoms with Gasteiger partial charge in [-0.2, -0.15) is 0 Å². The van der Waals surface area contributed by atoms with Crippen LogP contribution in [0.5, 0.6) is 5.75 Å². The third-order valence-electron chi connectivity index (χ3n) is 2.06. The number of ketones is 1. The summed E-state index contributed by atoms with van der Waals surface area (Å²) in [6.45, 7) is 5.56. The van der Waals surface area contributed by atoms with Gasteiger partial charge >= 0.3 is 0 Å². The summed E-state index contributed by atoms with van der Waals surface area (Å²) in [5.74, 6) is 0.302. The predicted molar refractivity (Wildman–Crippen MR) is 57.7 cm³/mol. The Labute approximate surface area is 89.1 Å². The van der Waals surface area contributed by atoms with Crippen molar-refractivity contribution < 1.29 is 14.3 Å². The first-order chi connectivity index (χ1) is 7.10. The van der Waals surface area contributed by atoms with E-state index >= 15 is 0 Å². The van der Waals surface area contributed by atoms with E-state index in [2.05, 4.69) is 0 Å². The summed E-state index contributed by atoms with van der Waals surface area (Å²) in [6.07, 6.45) is 0.713. The molecule has 1 rings (SSSR count). The van der Waals surface area contributed by atoms with E-state index in [1.54, 1.807) is 12.1 Å². The van der Waals surface area contributed by atoms with E-state index < -0.39 is 0 Å². The molecule has 3 heteroatoms. The molecule has 80 valence electrons. The normalized spacial score (nSPS) is 9.80. The molecule has 1 aromatic rings. The van der Waals surface area contributed by atoms with Gasteiger partial charge in [-0.15, -0.1) is 0 Å². The molecule has 0 bridgehead atoms. The number of rotatable bonds is 4. The van der Waals surface area contributed by atoms with Crippen LogP contribution < -0.4 is 4.74 Å². The summed E-state index contributed by atoms with van der Waals surface area (Å²) in [7, 11) is 0. The summed E-state index contributed by atoms with van der Waals surface area (Å²) in [5, 5.41) is 0. The molecule has 0 atom stereocenters. The van der Waals surface area contributed by atoms with Crippen LogP contribution in [0, 0.1) is 6.92 Å². The second-order valence-electron chi connectivity index (χ2n) is 3.34. The minimum atomic E-state index is -0.0924. The van der Waals surface area contributed by atoms with E-state index in [0.29, 0.717) is 29.8 Å². The second-order valence-corrected chi connectivity index (χ2v) is 3.34. The maximum atomic E-state index is 11.4. The maximum Gasteiger partial charge on any atom is 0.163 e. The zero-order valence-electron chi connectivity index (χ0n) is 9.16. The fraction of sp³-hybridized carbons (Fsp3) is 0.333. The van der Waals surface area contributed by atoms with Gasteiger partial charge in [0.05, 0.1) is 17.7 Å². The highest BCUT2D eigenvalue weighted by Gasteiger charge is 2.13. The Hall–Kier alpha value is -1.64. The Kier molecular flexibility index (Phi) is 3.61. The Morgan fingerprint density at radius 2 is 2.13 bits per heavy atom. The van der Waals surface area contributed by atoms with Gasteiger partial charge in [0.15, 0.2) is 12.1 Å². The minimum Gasteiger partial charge on any atom is -0.492 e. The molecule has 1 aromatic carbocycles. The number of hydrogen-bond acceptors (Lipinski definition) is 3. The number of Topliss-reactive ketones (excluding diaryl/α,β-unsaturated/α-hetero) is 1. The van der Waals surface area contributed by atoms with E-state index in [0.717, 1.165) is 5.56 Å². The van der Waals surface area contributed by atoms with Crippen LogP contribution in [0.3, 0.4) is 0 Å². The molecule has 0 aromatic heterocycles. The minimum absolute atomic E-state index is 0.0924. The zero-order chi connectivity index (χ0) is 11.4. The van der Waals surface area contributed by atoms with Crippen LogP contribution in [0.15, 0.2) is 12.1 Å². The van der Waals surface area contributed by atoms with Crippen molar-refractivity contribution >= 4 is 12.1 Å². The van der Waals surface area contributed by atoms with Crippen molar-refractivity contribution in [3.05, 3.63) is 28.8 Å². The van der Waals surface area contributed by atoms with Gasteiger partial charge in [-0.25, -0.2) is 0 Å². The van der Waals surface area contributed by atoms with Crippen molar-refractivity contribution in [1.82, 2.24) is 0 Å². The SMILES string of the molecule is CCOc1c(C=O)cc(C)cc1C(C)=O. The summed E-state index contributed by atoms with van der Waals surface area (Å²) in [5.41, 5.74) is 1.78. The number of carbonyl (C=O) groups is 2. The van der Waals surface area contributed by atoms with Gasteiger partial charge in [-0.05, 0) is 38.5 Å². The Morgan fingerprint density at radius 3 is 2.60 bits per heavy atom. The molecule has 0 saturated heterocycles. The summed E-state index contributed by atoms with van der Waals surface area (Å²) >= 11 is 0. The third-order valence-corrected chi connectivity index (χ3v) is 2.06. The van der Waals surface area contributed by atoms with Crippen LogP contribution in [-0.2, 0) is 0 Å². The van der Waals surface area contributed by atoms with E-state index in [9.17, 15) is 9.59 Å². The number of benzene rings is 1. The molecule has 0 unspecified atom stereocenters. The highest BCUT2D eigenvalue weighted by atomic mass is 16.5. The maximum absolute atomic E-state index is 11.4. The summed E-state index contributed by atoms with van der Waals surface area (Å²) in [4.78, 5) is 22.2. The lowest BCUT2D eigenvalue weighted by Gasteiger charge is -2.11. The average Bonchev–Trinajstić information content (AvgIpc) is 2.19. The molecular weight excluding hydrogens is 192 g/mol.